The monoisotopic (exact) mass is 728 g/mol. The number of pyridine rings is 1. The number of aryl methyl sites for hydroxylation is 1. The van der Waals surface area contributed by atoms with Gasteiger partial charge < -0.3 is 28.6 Å². The molecule has 0 radical (unpaired) electrons. The number of rotatable bonds is 12. The number of piperazine rings is 1. The first-order valence-electron chi connectivity index (χ1n) is 19.9. The van der Waals surface area contributed by atoms with E-state index in [0.29, 0.717) is 13.0 Å². The van der Waals surface area contributed by atoms with E-state index < -0.39 is 30.3 Å². The van der Waals surface area contributed by atoms with Crippen molar-refractivity contribution in [1.82, 2.24) is 24.9 Å². The molecular weight excluding hydrogens is 667 g/mol. The summed E-state index contributed by atoms with van der Waals surface area (Å²) in [6, 6.07) is 9.26. The molecule has 2 aromatic heterocycles. The van der Waals surface area contributed by atoms with Gasteiger partial charge in [0, 0.05) is 75.4 Å². The van der Waals surface area contributed by atoms with E-state index >= 15 is 0 Å². The third-order valence-electron chi connectivity index (χ3n) is 12.5. The lowest BCUT2D eigenvalue weighted by Crippen LogP contribution is -2.55. The molecule has 3 saturated heterocycles. The highest BCUT2D eigenvalue weighted by atomic mass is 16.7. The van der Waals surface area contributed by atoms with E-state index in [0.717, 1.165) is 86.1 Å². The number of fused-ring (bicyclic) bond motifs is 1. The van der Waals surface area contributed by atoms with Crippen LogP contribution in [0.5, 0.6) is 0 Å². The molecule has 53 heavy (non-hydrogen) atoms. The van der Waals surface area contributed by atoms with Gasteiger partial charge in [0.15, 0.2) is 0 Å². The third kappa shape index (κ3) is 7.65. The van der Waals surface area contributed by atoms with Crippen molar-refractivity contribution < 1.29 is 23.9 Å². The zero-order valence-corrected chi connectivity index (χ0v) is 33.5. The molecular formula is C41H61BN6O5. The molecule has 12 heteroatoms. The Morgan fingerprint density at radius 1 is 1.08 bits per heavy atom. The SMILES string of the molecule is CCn1c(-c2cc(N3CCN(C4CC4)CC3)cnc2[C@H](C)OC)c(CC(C)(C)CN2CCC[C@@H](C(=O)O)N2)c2cc(B3OC(C)(C)C(C)(C)O3)ccc21. The van der Waals surface area contributed by atoms with E-state index in [-0.39, 0.29) is 11.5 Å². The third-order valence-corrected chi connectivity index (χ3v) is 12.5. The second-order valence-electron chi connectivity index (χ2n) is 17.6. The molecule has 1 aromatic carbocycles. The van der Waals surface area contributed by atoms with Crippen LogP contribution in [0.3, 0.4) is 0 Å². The number of nitrogens with one attached hydrogen (secondary N) is 1. The molecule has 4 fully saturated rings. The van der Waals surface area contributed by atoms with Gasteiger partial charge in [0.2, 0.25) is 0 Å². The van der Waals surface area contributed by atoms with Gasteiger partial charge in [-0.2, -0.15) is 0 Å². The van der Waals surface area contributed by atoms with Gasteiger partial charge >= 0.3 is 13.1 Å². The molecule has 5 heterocycles. The van der Waals surface area contributed by atoms with Crippen LogP contribution in [0.25, 0.3) is 22.2 Å². The average Bonchev–Trinajstić information content (AvgIpc) is 3.89. The maximum atomic E-state index is 11.9. The highest BCUT2D eigenvalue weighted by molar-refractivity contribution is 6.62. The van der Waals surface area contributed by atoms with Crippen molar-refractivity contribution in [2.24, 2.45) is 5.41 Å². The van der Waals surface area contributed by atoms with Crippen LogP contribution in [0.15, 0.2) is 30.5 Å². The number of hydrogen-bond acceptors (Lipinski definition) is 9. The summed E-state index contributed by atoms with van der Waals surface area (Å²) in [5, 5.41) is 13.1. The molecule has 0 unspecified atom stereocenters. The number of methoxy groups -OCH3 is 1. The Bertz CT molecular complexity index is 1800. The first-order chi connectivity index (χ1) is 25.1. The highest BCUT2D eigenvalue weighted by Crippen LogP contribution is 2.43. The molecule has 0 spiro atoms. The van der Waals surface area contributed by atoms with Gasteiger partial charge in [-0.25, -0.2) is 10.4 Å². The van der Waals surface area contributed by atoms with Gasteiger partial charge in [-0.05, 0) is 102 Å². The number of anilines is 1. The van der Waals surface area contributed by atoms with Crippen molar-refractivity contribution in [3.05, 3.63) is 41.7 Å². The van der Waals surface area contributed by atoms with E-state index in [4.69, 9.17) is 19.0 Å². The van der Waals surface area contributed by atoms with Crippen molar-refractivity contribution >= 4 is 35.1 Å². The maximum absolute atomic E-state index is 11.9. The largest absolute Gasteiger partial charge is 0.494 e. The Balaban J connectivity index is 1.35. The van der Waals surface area contributed by atoms with Crippen molar-refractivity contribution in [1.29, 1.82) is 0 Å². The molecule has 3 aliphatic heterocycles. The number of nitrogens with zero attached hydrogens (tertiary/aromatic N) is 5. The molecule has 11 nitrogen and oxygen atoms in total. The van der Waals surface area contributed by atoms with Gasteiger partial charge in [0.25, 0.3) is 0 Å². The number of ether oxygens (including phenoxy) is 1. The first kappa shape index (κ1) is 38.3. The van der Waals surface area contributed by atoms with Crippen LogP contribution in [0.1, 0.15) is 98.4 Å². The molecule has 2 N–H and O–H groups in total. The zero-order chi connectivity index (χ0) is 37.9. The molecule has 1 aliphatic carbocycles. The number of carboxylic acid groups (broad SMARTS) is 1. The van der Waals surface area contributed by atoms with Crippen LogP contribution in [-0.4, -0.2) is 107 Å². The van der Waals surface area contributed by atoms with Gasteiger partial charge in [-0.15, -0.1) is 0 Å². The topological polar surface area (TPSA) is 105 Å². The minimum absolute atomic E-state index is 0.208. The average molecular weight is 729 g/mol. The quantitative estimate of drug-likeness (QED) is 0.228. The summed E-state index contributed by atoms with van der Waals surface area (Å²) in [6.45, 7) is 23.7. The minimum atomic E-state index is -0.794. The van der Waals surface area contributed by atoms with Gasteiger partial charge in [-0.3, -0.25) is 14.7 Å². The number of aliphatic carboxylic acids is 1. The summed E-state index contributed by atoms with van der Waals surface area (Å²) >= 11 is 0. The van der Waals surface area contributed by atoms with Crippen LogP contribution in [0, 0.1) is 5.41 Å². The molecule has 3 aromatic rings. The fraction of sp³-hybridized carbons (Fsp3) is 0.659. The minimum Gasteiger partial charge on any atom is -0.480 e. The Morgan fingerprint density at radius 2 is 1.77 bits per heavy atom. The van der Waals surface area contributed by atoms with E-state index in [9.17, 15) is 9.90 Å². The Kier molecular flexibility index (Phi) is 10.5. The van der Waals surface area contributed by atoms with Gasteiger partial charge in [0.1, 0.15) is 6.04 Å². The lowest BCUT2D eigenvalue weighted by molar-refractivity contribution is -0.142. The standard InChI is InChI=1S/C41H61BN6O5/c1-10-48-35-16-13-28(42-52-40(5,6)41(7,8)53-42)22-31(35)33(24-39(3,4)26-47-17-11-12-34(44-47)38(49)50)37(48)32-23-30(25-43-36(32)27(2)51-9)46-20-18-45(19-21-46)29-14-15-29/h13,16,22-23,25,27,29,34,44H,10-12,14-15,17-21,24,26H2,1-9H3,(H,49,50)/t27-,34-/m0/s1. The predicted molar refractivity (Wildman–Crippen MR) is 212 cm³/mol. The van der Waals surface area contributed by atoms with Crippen LogP contribution in [0.4, 0.5) is 5.69 Å². The molecule has 0 bridgehead atoms. The summed E-state index contributed by atoms with van der Waals surface area (Å²) in [5.74, 6) is -0.794. The maximum Gasteiger partial charge on any atom is 0.494 e. The Morgan fingerprint density at radius 3 is 2.40 bits per heavy atom. The highest BCUT2D eigenvalue weighted by Gasteiger charge is 2.52. The number of hydrazine groups is 1. The Labute approximate surface area is 316 Å². The summed E-state index contributed by atoms with van der Waals surface area (Å²) in [6.07, 6.45) is 6.76. The Hall–Kier alpha value is -3.00. The molecule has 2 atom stereocenters. The molecule has 1 saturated carbocycles. The number of carboxylic acids is 1. The van der Waals surface area contributed by atoms with E-state index in [1.807, 2.05) is 6.20 Å². The number of carbonyl (C=O) groups is 1. The van der Waals surface area contributed by atoms with Crippen molar-refractivity contribution in [3.63, 3.8) is 0 Å². The smallest absolute Gasteiger partial charge is 0.480 e. The molecule has 7 rings (SSSR count). The van der Waals surface area contributed by atoms with Gasteiger partial charge in [0.05, 0.1) is 40.6 Å². The molecule has 288 valence electrons. The van der Waals surface area contributed by atoms with Crippen molar-refractivity contribution in [2.75, 3.05) is 51.3 Å². The second-order valence-corrected chi connectivity index (χ2v) is 17.6. The van der Waals surface area contributed by atoms with E-state index in [1.54, 1.807) is 7.11 Å². The normalized spacial score (nSPS) is 23.2. The van der Waals surface area contributed by atoms with Crippen molar-refractivity contribution in [3.8, 4) is 11.3 Å². The first-order valence-corrected chi connectivity index (χ1v) is 19.9. The van der Waals surface area contributed by atoms with Crippen LogP contribution in [0.2, 0.25) is 0 Å². The summed E-state index contributed by atoms with van der Waals surface area (Å²) in [4.78, 5) is 22.2. The van der Waals surface area contributed by atoms with Crippen molar-refractivity contribution in [2.45, 2.75) is 123 Å². The fourth-order valence-electron chi connectivity index (χ4n) is 8.62. The number of aromatic nitrogens is 2. The predicted octanol–water partition coefficient (Wildman–Crippen LogP) is 5.64. The fourth-order valence-corrected chi connectivity index (χ4v) is 8.62. The summed E-state index contributed by atoms with van der Waals surface area (Å²) < 4.78 is 21.6. The number of benzene rings is 1. The van der Waals surface area contributed by atoms with Gasteiger partial charge in [-0.1, -0.05) is 26.0 Å². The number of hydrogen-bond donors (Lipinski definition) is 2. The molecule has 0 amide bonds. The zero-order valence-electron chi connectivity index (χ0n) is 33.5. The lowest BCUT2D eigenvalue weighted by atomic mass is 9.77. The van der Waals surface area contributed by atoms with Crippen LogP contribution >= 0.6 is 0 Å². The lowest BCUT2D eigenvalue weighted by Gasteiger charge is -2.38. The molecule has 4 aliphatic rings. The summed E-state index contributed by atoms with van der Waals surface area (Å²) in [5.41, 5.74) is 9.95. The van der Waals surface area contributed by atoms with E-state index in [1.165, 1.54) is 29.5 Å². The van der Waals surface area contributed by atoms with Crippen LogP contribution in [-0.2, 0) is 31.8 Å². The van der Waals surface area contributed by atoms with Crippen LogP contribution < -0.4 is 15.8 Å². The second kappa shape index (κ2) is 14.6. The summed E-state index contributed by atoms with van der Waals surface area (Å²) in [7, 11) is 1.28. The van der Waals surface area contributed by atoms with E-state index in [2.05, 4.69) is 104 Å².